The highest BCUT2D eigenvalue weighted by Gasteiger charge is 2.09. The Hall–Kier alpha value is -2.96. The van der Waals surface area contributed by atoms with Crippen LogP contribution in [0.25, 0.3) is 6.08 Å². The van der Waals surface area contributed by atoms with Gasteiger partial charge in [0.15, 0.2) is 0 Å². The number of nitrogens with one attached hydrogen (secondary N) is 2. The Bertz CT molecular complexity index is 839. The summed E-state index contributed by atoms with van der Waals surface area (Å²) in [7, 11) is 1.59. The van der Waals surface area contributed by atoms with Crippen molar-refractivity contribution in [2.24, 2.45) is 0 Å². The Morgan fingerprint density at radius 2 is 1.72 bits per heavy atom. The summed E-state index contributed by atoms with van der Waals surface area (Å²) in [5, 5.41) is 5.44. The molecule has 1 heterocycles. The second-order valence-electron chi connectivity index (χ2n) is 6.92. The average molecular weight is 393 g/mol. The van der Waals surface area contributed by atoms with Crippen LogP contribution in [0, 0.1) is 0 Å². The summed E-state index contributed by atoms with van der Waals surface area (Å²) in [6.45, 7) is 4.65. The highest BCUT2D eigenvalue weighted by Crippen LogP contribution is 2.12. The third kappa shape index (κ3) is 6.55. The maximum absolute atomic E-state index is 12.1. The first-order valence-corrected chi connectivity index (χ1v) is 9.84. The standard InChI is InChI=1S/C23H27N3O3/c1-24-23(28)20-7-2-18(3-8-20)6-11-22(27)25-21-9-4-19(5-10-21)12-13-26-14-16-29-17-15-26/h2-11H,12-17H2,1H3,(H,24,28)(H,25,27)/b11-6+. The van der Waals surface area contributed by atoms with Crippen molar-refractivity contribution in [3.05, 3.63) is 71.3 Å². The maximum Gasteiger partial charge on any atom is 0.251 e. The molecule has 2 N–H and O–H groups in total. The quantitative estimate of drug-likeness (QED) is 0.710. The number of morpholine rings is 1. The van der Waals surface area contributed by atoms with Crippen LogP contribution in [0.3, 0.4) is 0 Å². The SMILES string of the molecule is CNC(=O)c1ccc(/C=C/C(=O)Nc2ccc(CCN3CCOCC3)cc2)cc1. The zero-order valence-electron chi connectivity index (χ0n) is 16.7. The van der Waals surface area contributed by atoms with Gasteiger partial charge in [0.25, 0.3) is 5.91 Å². The van der Waals surface area contributed by atoms with Gasteiger partial charge >= 0.3 is 0 Å². The van der Waals surface area contributed by atoms with Crippen molar-refractivity contribution in [3.63, 3.8) is 0 Å². The van der Waals surface area contributed by atoms with Crippen LogP contribution in [0.5, 0.6) is 0 Å². The fourth-order valence-corrected chi connectivity index (χ4v) is 3.11. The molecule has 1 fully saturated rings. The van der Waals surface area contributed by atoms with E-state index in [0.717, 1.165) is 50.5 Å². The van der Waals surface area contributed by atoms with Gasteiger partial charge in [-0.3, -0.25) is 14.5 Å². The molecule has 6 heteroatoms. The molecular weight excluding hydrogens is 366 g/mol. The summed E-state index contributed by atoms with van der Waals surface area (Å²) in [4.78, 5) is 26.1. The Balaban J connectivity index is 1.47. The minimum Gasteiger partial charge on any atom is -0.379 e. The molecule has 0 unspecified atom stereocenters. The molecule has 0 radical (unpaired) electrons. The summed E-state index contributed by atoms with van der Waals surface area (Å²) < 4.78 is 5.37. The van der Waals surface area contributed by atoms with Crippen LogP contribution in [0.4, 0.5) is 5.69 Å². The summed E-state index contributed by atoms with van der Waals surface area (Å²) >= 11 is 0. The van der Waals surface area contributed by atoms with Crippen LogP contribution >= 0.6 is 0 Å². The first-order valence-electron chi connectivity index (χ1n) is 9.84. The number of benzene rings is 2. The third-order valence-electron chi connectivity index (χ3n) is 4.87. The van der Waals surface area contributed by atoms with Gasteiger partial charge in [-0.05, 0) is 47.9 Å². The van der Waals surface area contributed by atoms with Gasteiger partial charge in [0.1, 0.15) is 0 Å². The molecule has 2 aromatic rings. The molecule has 6 nitrogen and oxygen atoms in total. The molecule has 3 rings (SSSR count). The number of hydrogen-bond donors (Lipinski definition) is 2. The topological polar surface area (TPSA) is 70.7 Å². The normalized spacial score (nSPS) is 14.7. The second-order valence-corrected chi connectivity index (χ2v) is 6.92. The van der Waals surface area contributed by atoms with E-state index in [-0.39, 0.29) is 11.8 Å². The first kappa shape index (κ1) is 20.8. The van der Waals surface area contributed by atoms with Gasteiger partial charge < -0.3 is 15.4 Å². The number of anilines is 1. The monoisotopic (exact) mass is 393 g/mol. The highest BCUT2D eigenvalue weighted by molar-refractivity contribution is 6.02. The number of nitrogens with zero attached hydrogens (tertiary/aromatic N) is 1. The zero-order valence-corrected chi connectivity index (χ0v) is 16.7. The summed E-state index contributed by atoms with van der Waals surface area (Å²) in [5.74, 6) is -0.326. The molecule has 0 aliphatic carbocycles. The number of carbonyl (C=O) groups excluding carboxylic acids is 2. The molecule has 0 atom stereocenters. The van der Waals surface area contributed by atoms with Gasteiger partial charge in [-0.15, -0.1) is 0 Å². The van der Waals surface area contributed by atoms with Gasteiger partial charge in [0.05, 0.1) is 13.2 Å². The number of amides is 2. The van der Waals surface area contributed by atoms with E-state index in [0.29, 0.717) is 5.56 Å². The molecule has 0 spiro atoms. The molecule has 2 amide bonds. The predicted molar refractivity (Wildman–Crippen MR) is 115 cm³/mol. The number of rotatable bonds is 7. The third-order valence-corrected chi connectivity index (χ3v) is 4.87. The van der Waals surface area contributed by atoms with Crippen molar-refractivity contribution in [3.8, 4) is 0 Å². The van der Waals surface area contributed by atoms with Crippen molar-refractivity contribution in [2.45, 2.75) is 6.42 Å². The second kappa shape index (κ2) is 10.5. The van der Waals surface area contributed by atoms with Crippen molar-refractivity contribution in [1.29, 1.82) is 0 Å². The summed E-state index contributed by atoms with van der Waals surface area (Å²) in [6.07, 6.45) is 4.20. The molecule has 0 aromatic heterocycles. The van der Waals surface area contributed by atoms with Crippen LogP contribution in [0.2, 0.25) is 0 Å². The molecule has 29 heavy (non-hydrogen) atoms. The summed E-state index contributed by atoms with van der Waals surface area (Å²) in [5.41, 5.74) is 3.46. The van der Waals surface area contributed by atoms with Crippen LogP contribution in [-0.2, 0) is 16.0 Å². The smallest absolute Gasteiger partial charge is 0.251 e. The number of carbonyl (C=O) groups is 2. The Kier molecular flexibility index (Phi) is 7.55. The van der Waals surface area contributed by atoms with E-state index in [9.17, 15) is 9.59 Å². The predicted octanol–water partition coefficient (Wildman–Crippen LogP) is 2.57. The van der Waals surface area contributed by atoms with E-state index in [2.05, 4.69) is 27.7 Å². The Morgan fingerprint density at radius 1 is 1.03 bits per heavy atom. The Morgan fingerprint density at radius 3 is 2.38 bits per heavy atom. The molecule has 1 aliphatic heterocycles. The fraction of sp³-hybridized carbons (Fsp3) is 0.304. The molecule has 152 valence electrons. The molecular formula is C23H27N3O3. The van der Waals surface area contributed by atoms with Gasteiger partial charge in [-0.25, -0.2) is 0 Å². The van der Waals surface area contributed by atoms with Crippen LogP contribution in [0.15, 0.2) is 54.6 Å². The van der Waals surface area contributed by atoms with Crippen molar-refractivity contribution < 1.29 is 14.3 Å². The first-order chi connectivity index (χ1) is 14.1. The minimum atomic E-state index is -0.193. The van der Waals surface area contributed by atoms with Crippen molar-refractivity contribution in [1.82, 2.24) is 10.2 Å². The van der Waals surface area contributed by atoms with E-state index < -0.39 is 0 Å². The molecule has 2 aromatic carbocycles. The number of ether oxygens (including phenoxy) is 1. The average Bonchev–Trinajstić information content (AvgIpc) is 2.78. The molecule has 0 bridgehead atoms. The van der Waals surface area contributed by atoms with E-state index in [4.69, 9.17) is 4.74 Å². The maximum atomic E-state index is 12.1. The molecule has 1 aliphatic rings. The molecule has 0 saturated carbocycles. The zero-order chi connectivity index (χ0) is 20.5. The van der Waals surface area contributed by atoms with Crippen LogP contribution in [0.1, 0.15) is 21.5 Å². The van der Waals surface area contributed by atoms with Crippen molar-refractivity contribution in [2.75, 3.05) is 45.2 Å². The largest absolute Gasteiger partial charge is 0.379 e. The Labute approximate surface area is 171 Å². The van der Waals surface area contributed by atoms with Gasteiger partial charge in [-0.1, -0.05) is 24.3 Å². The van der Waals surface area contributed by atoms with Crippen LogP contribution in [-0.4, -0.2) is 56.6 Å². The van der Waals surface area contributed by atoms with Crippen LogP contribution < -0.4 is 10.6 Å². The number of hydrogen-bond acceptors (Lipinski definition) is 4. The van der Waals surface area contributed by atoms with E-state index in [1.54, 1.807) is 37.4 Å². The lowest BCUT2D eigenvalue weighted by atomic mass is 10.1. The van der Waals surface area contributed by atoms with Gasteiger partial charge in [0.2, 0.25) is 5.91 Å². The minimum absolute atomic E-state index is 0.133. The fourth-order valence-electron chi connectivity index (χ4n) is 3.11. The van der Waals surface area contributed by atoms with E-state index in [1.807, 2.05) is 12.1 Å². The highest BCUT2D eigenvalue weighted by atomic mass is 16.5. The lowest BCUT2D eigenvalue weighted by molar-refractivity contribution is -0.111. The lowest BCUT2D eigenvalue weighted by Crippen LogP contribution is -2.37. The molecule has 1 saturated heterocycles. The lowest BCUT2D eigenvalue weighted by Gasteiger charge is -2.26. The summed E-state index contributed by atoms with van der Waals surface area (Å²) in [6, 6.07) is 15.0. The van der Waals surface area contributed by atoms with Crippen molar-refractivity contribution >= 4 is 23.6 Å². The van der Waals surface area contributed by atoms with Gasteiger partial charge in [-0.2, -0.15) is 0 Å². The van der Waals surface area contributed by atoms with E-state index in [1.165, 1.54) is 11.6 Å². The van der Waals surface area contributed by atoms with Gasteiger partial charge in [0, 0.05) is 44.0 Å². The van der Waals surface area contributed by atoms with E-state index >= 15 is 0 Å².